The van der Waals surface area contributed by atoms with Gasteiger partial charge in [-0.05, 0) is 28.8 Å². The van der Waals surface area contributed by atoms with Gasteiger partial charge in [-0.15, -0.1) is 0 Å². The third kappa shape index (κ3) is 3.57. The molecule has 0 aliphatic rings. The predicted molar refractivity (Wildman–Crippen MR) is 57.5 cm³/mol. The number of carbonyl (C=O) groups excluding carboxylic acids is 1. The summed E-state index contributed by atoms with van der Waals surface area (Å²) in [4.78, 5) is 11.5. The van der Waals surface area contributed by atoms with Crippen molar-refractivity contribution in [2.75, 3.05) is 13.7 Å². The standard InChI is InChI=1S/C10H15NO2S/c1-13-4-2-9(11)10(12)6-8-3-5-14-7-8/h3,5,7,9H,2,4,6,11H2,1H3. The summed E-state index contributed by atoms with van der Waals surface area (Å²) in [5.41, 5.74) is 6.74. The van der Waals surface area contributed by atoms with Crippen LogP contribution in [0.1, 0.15) is 12.0 Å². The average Bonchev–Trinajstić information content (AvgIpc) is 2.66. The van der Waals surface area contributed by atoms with Crippen LogP contribution in [0.25, 0.3) is 0 Å². The van der Waals surface area contributed by atoms with E-state index in [1.54, 1.807) is 18.4 Å². The Morgan fingerprint density at radius 3 is 3.07 bits per heavy atom. The molecule has 0 amide bonds. The van der Waals surface area contributed by atoms with Crippen LogP contribution in [0.2, 0.25) is 0 Å². The van der Waals surface area contributed by atoms with Crippen molar-refractivity contribution >= 4 is 17.1 Å². The minimum atomic E-state index is -0.394. The van der Waals surface area contributed by atoms with Gasteiger partial charge in [0.05, 0.1) is 6.04 Å². The van der Waals surface area contributed by atoms with Gasteiger partial charge < -0.3 is 10.5 Å². The van der Waals surface area contributed by atoms with Gasteiger partial charge in [0.25, 0.3) is 0 Å². The van der Waals surface area contributed by atoms with Gasteiger partial charge in [0.1, 0.15) is 0 Å². The van der Waals surface area contributed by atoms with Crippen LogP contribution in [0.4, 0.5) is 0 Å². The van der Waals surface area contributed by atoms with Crippen molar-refractivity contribution in [1.82, 2.24) is 0 Å². The highest BCUT2D eigenvalue weighted by atomic mass is 32.1. The van der Waals surface area contributed by atoms with Gasteiger partial charge >= 0.3 is 0 Å². The Kier molecular flexibility index (Phi) is 4.79. The molecule has 2 N–H and O–H groups in total. The summed E-state index contributed by atoms with van der Waals surface area (Å²) in [6, 6.07) is 1.56. The molecule has 1 aromatic rings. The number of ketones is 1. The van der Waals surface area contributed by atoms with E-state index in [-0.39, 0.29) is 5.78 Å². The van der Waals surface area contributed by atoms with Crippen molar-refractivity contribution in [3.63, 3.8) is 0 Å². The highest BCUT2D eigenvalue weighted by Crippen LogP contribution is 2.08. The fraction of sp³-hybridized carbons (Fsp3) is 0.500. The number of thiophene rings is 1. The molecule has 4 heteroatoms. The first kappa shape index (κ1) is 11.4. The minimum absolute atomic E-state index is 0.0838. The molecule has 1 rings (SSSR count). The van der Waals surface area contributed by atoms with Crippen LogP contribution in [-0.4, -0.2) is 25.5 Å². The van der Waals surface area contributed by atoms with Crippen molar-refractivity contribution in [2.24, 2.45) is 5.73 Å². The highest BCUT2D eigenvalue weighted by molar-refractivity contribution is 7.07. The fourth-order valence-corrected chi connectivity index (χ4v) is 1.80. The van der Waals surface area contributed by atoms with Gasteiger partial charge in [0.2, 0.25) is 0 Å². The molecular weight excluding hydrogens is 198 g/mol. The SMILES string of the molecule is COCCC(N)C(=O)Cc1ccsc1. The largest absolute Gasteiger partial charge is 0.385 e. The van der Waals surface area contributed by atoms with Crippen LogP contribution >= 0.6 is 11.3 Å². The van der Waals surface area contributed by atoms with Crippen molar-refractivity contribution in [3.8, 4) is 0 Å². The first-order valence-corrected chi connectivity index (χ1v) is 5.46. The van der Waals surface area contributed by atoms with Crippen LogP contribution in [0.3, 0.4) is 0 Å². The van der Waals surface area contributed by atoms with E-state index in [9.17, 15) is 4.79 Å². The summed E-state index contributed by atoms with van der Waals surface area (Å²) in [7, 11) is 1.61. The zero-order chi connectivity index (χ0) is 10.4. The molecule has 0 aromatic carbocycles. The highest BCUT2D eigenvalue weighted by Gasteiger charge is 2.13. The Balaban J connectivity index is 2.34. The minimum Gasteiger partial charge on any atom is -0.385 e. The lowest BCUT2D eigenvalue weighted by molar-refractivity contribution is -0.120. The van der Waals surface area contributed by atoms with Gasteiger partial charge in [0, 0.05) is 20.1 Å². The van der Waals surface area contributed by atoms with E-state index >= 15 is 0 Å². The van der Waals surface area contributed by atoms with Gasteiger partial charge in [0.15, 0.2) is 5.78 Å². The molecule has 1 heterocycles. The maximum Gasteiger partial charge on any atom is 0.153 e. The molecule has 0 saturated heterocycles. The summed E-state index contributed by atoms with van der Waals surface area (Å²) >= 11 is 1.59. The van der Waals surface area contributed by atoms with Crippen LogP contribution in [-0.2, 0) is 16.0 Å². The lowest BCUT2D eigenvalue weighted by Gasteiger charge is -2.08. The Hall–Kier alpha value is -0.710. The molecule has 3 nitrogen and oxygen atoms in total. The molecule has 78 valence electrons. The first-order chi connectivity index (χ1) is 6.74. The topological polar surface area (TPSA) is 52.3 Å². The second-order valence-electron chi connectivity index (χ2n) is 3.16. The number of hydrogen-bond acceptors (Lipinski definition) is 4. The molecule has 0 aliphatic carbocycles. The average molecular weight is 213 g/mol. The Morgan fingerprint density at radius 2 is 2.50 bits per heavy atom. The number of hydrogen-bond donors (Lipinski definition) is 1. The number of ether oxygens (including phenoxy) is 1. The quantitative estimate of drug-likeness (QED) is 0.773. The molecule has 0 aliphatic heterocycles. The van der Waals surface area contributed by atoms with Crippen molar-refractivity contribution in [2.45, 2.75) is 18.9 Å². The van der Waals surface area contributed by atoms with Gasteiger partial charge in [-0.3, -0.25) is 4.79 Å². The smallest absolute Gasteiger partial charge is 0.153 e. The number of rotatable bonds is 6. The molecule has 1 atom stereocenters. The second-order valence-corrected chi connectivity index (χ2v) is 3.94. The number of methoxy groups -OCH3 is 1. The van der Waals surface area contributed by atoms with Gasteiger partial charge in [-0.2, -0.15) is 11.3 Å². The molecule has 0 fully saturated rings. The summed E-state index contributed by atoms with van der Waals surface area (Å²) in [6.45, 7) is 0.538. The molecule has 1 aromatic heterocycles. The predicted octanol–water partition coefficient (Wildman–Crippen LogP) is 1.22. The van der Waals surface area contributed by atoms with E-state index < -0.39 is 6.04 Å². The van der Waals surface area contributed by atoms with Crippen molar-refractivity contribution in [1.29, 1.82) is 0 Å². The molecule has 14 heavy (non-hydrogen) atoms. The van der Waals surface area contributed by atoms with Crippen LogP contribution in [0.5, 0.6) is 0 Å². The lowest BCUT2D eigenvalue weighted by atomic mass is 10.0. The van der Waals surface area contributed by atoms with Crippen molar-refractivity contribution < 1.29 is 9.53 Å². The van der Waals surface area contributed by atoms with E-state index in [1.807, 2.05) is 16.8 Å². The third-order valence-electron chi connectivity index (χ3n) is 2.00. The van der Waals surface area contributed by atoms with E-state index in [1.165, 1.54) is 0 Å². The number of Topliss-reactive ketones (excluding diaryl/α,β-unsaturated/α-hetero) is 1. The van der Waals surface area contributed by atoms with Gasteiger partial charge in [-0.1, -0.05) is 0 Å². The molecule has 0 saturated carbocycles. The normalized spacial score (nSPS) is 12.7. The summed E-state index contributed by atoms with van der Waals surface area (Å²) in [6.07, 6.45) is 1.04. The summed E-state index contributed by atoms with van der Waals surface area (Å²) in [5.74, 6) is 0.0838. The van der Waals surface area contributed by atoms with E-state index in [2.05, 4.69) is 0 Å². The Bertz CT molecular complexity index is 272. The third-order valence-corrected chi connectivity index (χ3v) is 2.74. The zero-order valence-electron chi connectivity index (χ0n) is 8.23. The molecule has 0 radical (unpaired) electrons. The summed E-state index contributed by atoms with van der Waals surface area (Å²) in [5, 5.41) is 3.93. The molecular formula is C10H15NO2S. The van der Waals surface area contributed by atoms with Gasteiger partial charge in [-0.25, -0.2) is 0 Å². The zero-order valence-corrected chi connectivity index (χ0v) is 9.05. The number of nitrogens with two attached hydrogens (primary N) is 1. The lowest BCUT2D eigenvalue weighted by Crippen LogP contribution is -2.32. The first-order valence-electron chi connectivity index (χ1n) is 4.52. The molecule has 1 unspecified atom stereocenters. The van der Waals surface area contributed by atoms with Crippen molar-refractivity contribution in [3.05, 3.63) is 22.4 Å². The number of carbonyl (C=O) groups is 1. The maximum atomic E-state index is 11.5. The van der Waals surface area contributed by atoms with E-state index in [0.29, 0.717) is 19.4 Å². The molecule has 0 bridgehead atoms. The Morgan fingerprint density at radius 1 is 1.71 bits per heavy atom. The fourth-order valence-electron chi connectivity index (χ4n) is 1.13. The van der Waals surface area contributed by atoms with Crippen LogP contribution < -0.4 is 5.73 Å². The van der Waals surface area contributed by atoms with Crippen LogP contribution in [0, 0.1) is 0 Å². The molecule has 0 spiro atoms. The summed E-state index contributed by atoms with van der Waals surface area (Å²) < 4.78 is 4.87. The maximum absolute atomic E-state index is 11.5. The van der Waals surface area contributed by atoms with Crippen LogP contribution in [0.15, 0.2) is 16.8 Å². The Labute approximate surface area is 87.9 Å². The van der Waals surface area contributed by atoms with E-state index in [4.69, 9.17) is 10.5 Å². The monoisotopic (exact) mass is 213 g/mol. The van der Waals surface area contributed by atoms with E-state index in [0.717, 1.165) is 5.56 Å². The second kappa shape index (κ2) is 5.90.